The Hall–Kier alpha value is -1.68. The van der Waals surface area contributed by atoms with Gasteiger partial charge in [0.2, 0.25) is 6.29 Å². The molecule has 2 fully saturated rings. The summed E-state index contributed by atoms with van der Waals surface area (Å²) in [6, 6.07) is 9.25. The SMILES string of the molecule is C1=COC(C2CCN(c3ccc([C@@H]4CCCNC4)cc3)CC2)O1. The first kappa shape index (κ1) is 14.9. The minimum absolute atomic E-state index is 0.0571. The second-order valence-corrected chi connectivity index (χ2v) is 6.87. The summed E-state index contributed by atoms with van der Waals surface area (Å²) < 4.78 is 11.0. The molecule has 0 aliphatic carbocycles. The summed E-state index contributed by atoms with van der Waals surface area (Å²) in [6.07, 6.45) is 8.12. The van der Waals surface area contributed by atoms with Crippen LogP contribution in [-0.2, 0) is 9.47 Å². The molecule has 0 unspecified atom stereocenters. The molecule has 0 aromatic heterocycles. The molecule has 1 N–H and O–H groups in total. The molecule has 0 radical (unpaired) electrons. The van der Waals surface area contributed by atoms with Gasteiger partial charge in [0.25, 0.3) is 0 Å². The van der Waals surface area contributed by atoms with E-state index in [0.717, 1.165) is 32.5 Å². The van der Waals surface area contributed by atoms with E-state index >= 15 is 0 Å². The highest BCUT2D eigenvalue weighted by Crippen LogP contribution is 2.30. The highest BCUT2D eigenvalue weighted by molar-refractivity contribution is 5.48. The average Bonchev–Trinajstić information content (AvgIpc) is 3.18. The number of nitrogens with zero attached hydrogens (tertiary/aromatic N) is 1. The maximum absolute atomic E-state index is 5.49. The van der Waals surface area contributed by atoms with E-state index in [2.05, 4.69) is 34.5 Å². The van der Waals surface area contributed by atoms with Crippen LogP contribution in [0.3, 0.4) is 0 Å². The summed E-state index contributed by atoms with van der Waals surface area (Å²) in [7, 11) is 0. The predicted octanol–water partition coefficient (Wildman–Crippen LogP) is 3.21. The average molecular weight is 314 g/mol. The normalized spacial score (nSPS) is 26.1. The van der Waals surface area contributed by atoms with E-state index in [1.807, 2.05) is 0 Å². The largest absolute Gasteiger partial charge is 0.459 e. The Morgan fingerprint density at radius 2 is 1.70 bits per heavy atom. The smallest absolute Gasteiger partial charge is 0.242 e. The van der Waals surface area contributed by atoms with Crippen LogP contribution in [0.15, 0.2) is 36.8 Å². The van der Waals surface area contributed by atoms with Gasteiger partial charge in [0.15, 0.2) is 0 Å². The summed E-state index contributed by atoms with van der Waals surface area (Å²) >= 11 is 0. The number of benzene rings is 1. The molecule has 4 rings (SSSR count). The van der Waals surface area contributed by atoms with E-state index in [-0.39, 0.29) is 6.29 Å². The van der Waals surface area contributed by atoms with Gasteiger partial charge in [-0.05, 0) is 55.8 Å². The van der Waals surface area contributed by atoms with Crippen molar-refractivity contribution in [1.29, 1.82) is 0 Å². The van der Waals surface area contributed by atoms with Crippen LogP contribution in [0.2, 0.25) is 0 Å². The Bertz CT molecular complexity index is 521. The summed E-state index contributed by atoms with van der Waals surface area (Å²) in [5.41, 5.74) is 2.83. The maximum Gasteiger partial charge on any atom is 0.242 e. The van der Waals surface area contributed by atoms with E-state index in [4.69, 9.17) is 9.47 Å². The minimum Gasteiger partial charge on any atom is -0.459 e. The number of piperidine rings is 2. The second kappa shape index (κ2) is 6.83. The molecule has 0 saturated carbocycles. The van der Waals surface area contributed by atoms with E-state index in [9.17, 15) is 0 Å². The van der Waals surface area contributed by atoms with Gasteiger partial charge in [-0.15, -0.1) is 0 Å². The quantitative estimate of drug-likeness (QED) is 0.929. The van der Waals surface area contributed by atoms with Crippen molar-refractivity contribution in [2.75, 3.05) is 31.1 Å². The van der Waals surface area contributed by atoms with Crippen molar-refractivity contribution in [3.05, 3.63) is 42.4 Å². The number of nitrogens with one attached hydrogen (secondary N) is 1. The Kier molecular flexibility index (Phi) is 4.42. The van der Waals surface area contributed by atoms with Crippen LogP contribution in [-0.4, -0.2) is 32.5 Å². The first-order chi connectivity index (χ1) is 11.4. The molecule has 0 spiro atoms. The molecule has 4 nitrogen and oxygen atoms in total. The number of hydrogen-bond acceptors (Lipinski definition) is 4. The zero-order chi connectivity index (χ0) is 15.5. The van der Waals surface area contributed by atoms with Crippen molar-refractivity contribution in [1.82, 2.24) is 5.32 Å². The number of hydrogen-bond donors (Lipinski definition) is 1. The lowest BCUT2D eigenvalue weighted by molar-refractivity contribution is -0.0728. The highest BCUT2D eigenvalue weighted by atomic mass is 16.7. The number of ether oxygens (including phenoxy) is 2. The molecule has 0 bridgehead atoms. The molecule has 4 heteroatoms. The van der Waals surface area contributed by atoms with Crippen LogP contribution in [0.5, 0.6) is 0 Å². The molecular weight excluding hydrogens is 288 g/mol. The standard InChI is InChI=1S/C19H26N2O2/c1-2-17(14-20-9-1)15-3-5-18(6-4-15)21-10-7-16(8-11-21)19-22-12-13-23-19/h3-6,12-13,16-17,19-20H,1-2,7-11,14H2/t17-/m1/s1. The summed E-state index contributed by atoms with van der Waals surface area (Å²) in [6.45, 7) is 4.46. The van der Waals surface area contributed by atoms with Crippen LogP contribution in [0.4, 0.5) is 5.69 Å². The van der Waals surface area contributed by atoms with Crippen molar-refractivity contribution in [2.45, 2.75) is 37.9 Å². The van der Waals surface area contributed by atoms with Crippen LogP contribution in [0.25, 0.3) is 0 Å². The lowest BCUT2D eigenvalue weighted by atomic mass is 9.91. The van der Waals surface area contributed by atoms with Crippen molar-refractivity contribution in [3.8, 4) is 0 Å². The predicted molar refractivity (Wildman–Crippen MR) is 91.3 cm³/mol. The van der Waals surface area contributed by atoms with E-state index in [1.165, 1.54) is 30.6 Å². The molecule has 2 saturated heterocycles. The van der Waals surface area contributed by atoms with Crippen molar-refractivity contribution in [3.63, 3.8) is 0 Å². The van der Waals surface area contributed by atoms with Gasteiger partial charge in [-0.25, -0.2) is 0 Å². The molecular formula is C19H26N2O2. The molecule has 3 aliphatic heterocycles. The van der Waals surface area contributed by atoms with Crippen molar-refractivity contribution < 1.29 is 9.47 Å². The maximum atomic E-state index is 5.49. The molecule has 3 heterocycles. The third-order valence-electron chi connectivity index (χ3n) is 5.43. The zero-order valence-corrected chi connectivity index (χ0v) is 13.6. The fourth-order valence-electron chi connectivity index (χ4n) is 4.00. The summed E-state index contributed by atoms with van der Waals surface area (Å²) in [4.78, 5) is 2.49. The molecule has 23 heavy (non-hydrogen) atoms. The third-order valence-corrected chi connectivity index (χ3v) is 5.43. The molecule has 1 atom stereocenters. The van der Waals surface area contributed by atoms with Crippen LogP contribution in [0.1, 0.15) is 37.2 Å². The fourth-order valence-corrected chi connectivity index (χ4v) is 4.00. The van der Waals surface area contributed by atoms with Gasteiger partial charge in [0.05, 0.1) is 0 Å². The topological polar surface area (TPSA) is 33.7 Å². The first-order valence-corrected chi connectivity index (χ1v) is 8.92. The van der Waals surface area contributed by atoms with Gasteiger partial charge in [-0.3, -0.25) is 0 Å². The Balaban J connectivity index is 1.33. The summed E-state index contributed by atoms with van der Waals surface area (Å²) in [5.74, 6) is 1.20. The van der Waals surface area contributed by atoms with Gasteiger partial charge in [-0.1, -0.05) is 12.1 Å². The van der Waals surface area contributed by atoms with Crippen molar-refractivity contribution >= 4 is 5.69 Å². The Morgan fingerprint density at radius 3 is 2.35 bits per heavy atom. The Morgan fingerprint density at radius 1 is 0.957 bits per heavy atom. The number of anilines is 1. The minimum atomic E-state index is -0.0571. The third kappa shape index (κ3) is 3.32. The number of rotatable bonds is 3. The lowest BCUT2D eigenvalue weighted by Gasteiger charge is -2.35. The fraction of sp³-hybridized carbons (Fsp3) is 0.579. The first-order valence-electron chi connectivity index (χ1n) is 8.92. The van der Waals surface area contributed by atoms with Gasteiger partial charge in [0, 0.05) is 31.2 Å². The highest BCUT2D eigenvalue weighted by Gasteiger charge is 2.30. The molecule has 0 amide bonds. The van der Waals surface area contributed by atoms with Gasteiger partial charge in [-0.2, -0.15) is 0 Å². The van der Waals surface area contributed by atoms with Gasteiger partial charge >= 0.3 is 0 Å². The van der Waals surface area contributed by atoms with Crippen LogP contribution < -0.4 is 10.2 Å². The lowest BCUT2D eigenvalue weighted by Crippen LogP contribution is -2.38. The van der Waals surface area contributed by atoms with Crippen LogP contribution in [0, 0.1) is 5.92 Å². The summed E-state index contributed by atoms with van der Waals surface area (Å²) in [5, 5.41) is 3.50. The second-order valence-electron chi connectivity index (χ2n) is 6.87. The molecule has 1 aromatic carbocycles. The van der Waals surface area contributed by atoms with Crippen LogP contribution >= 0.6 is 0 Å². The van der Waals surface area contributed by atoms with E-state index in [1.54, 1.807) is 12.5 Å². The van der Waals surface area contributed by atoms with E-state index in [0.29, 0.717) is 11.8 Å². The molecule has 124 valence electrons. The molecule has 3 aliphatic rings. The monoisotopic (exact) mass is 314 g/mol. The van der Waals surface area contributed by atoms with Crippen molar-refractivity contribution in [2.24, 2.45) is 5.92 Å². The zero-order valence-electron chi connectivity index (χ0n) is 13.6. The Labute approximate surface area is 138 Å². The van der Waals surface area contributed by atoms with Gasteiger partial charge in [0.1, 0.15) is 12.5 Å². The van der Waals surface area contributed by atoms with Gasteiger partial charge < -0.3 is 19.7 Å². The molecule has 1 aromatic rings. The van der Waals surface area contributed by atoms with E-state index < -0.39 is 0 Å².